The van der Waals surface area contributed by atoms with Gasteiger partial charge in [0, 0.05) is 6.04 Å². The van der Waals surface area contributed by atoms with Gasteiger partial charge in [0.1, 0.15) is 0 Å². The number of amides is 1. The molecule has 1 fully saturated rings. The van der Waals surface area contributed by atoms with Crippen molar-refractivity contribution in [2.45, 2.75) is 31.0 Å². The number of nitrogens with zero attached hydrogens (tertiary/aromatic N) is 1. The zero-order chi connectivity index (χ0) is 20.1. The lowest BCUT2D eigenvalue weighted by molar-refractivity contribution is -0.137. The second-order valence-electron chi connectivity index (χ2n) is 7.20. The van der Waals surface area contributed by atoms with E-state index < -0.39 is 23.6 Å². The van der Waals surface area contributed by atoms with E-state index in [0.29, 0.717) is 18.4 Å². The van der Waals surface area contributed by atoms with Crippen molar-refractivity contribution in [3.05, 3.63) is 70.1 Å². The van der Waals surface area contributed by atoms with Crippen LogP contribution in [0.4, 0.5) is 13.2 Å². The molecule has 0 radical (unpaired) electrons. The van der Waals surface area contributed by atoms with Gasteiger partial charge in [-0.1, -0.05) is 24.3 Å². The van der Waals surface area contributed by atoms with Crippen LogP contribution >= 0.6 is 0 Å². The van der Waals surface area contributed by atoms with Crippen molar-refractivity contribution in [3.63, 3.8) is 0 Å². The molecule has 0 bridgehead atoms. The summed E-state index contributed by atoms with van der Waals surface area (Å²) >= 11 is 0. The number of aromatic nitrogens is 2. The first-order valence-corrected chi connectivity index (χ1v) is 8.91. The summed E-state index contributed by atoms with van der Waals surface area (Å²) in [7, 11) is 0. The summed E-state index contributed by atoms with van der Waals surface area (Å²) in [6.45, 7) is 0. The van der Waals surface area contributed by atoms with E-state index in [1.807, 2.05) is 24.3 Å². The summed E-state index contributed by atoms with van der Waals surface area (Å²) in [5, 5.41) is 0. The fourth-order valence-electron chi connectivity index (χ4n) is 4.10. The quantitative estimate of drug-likeness (QED) is 0.715. The Morgan fingerprint density at radius 2 is 1.75 bits per heavy atom. The molecule has 28 heavy (non-hydrogen) atoms. The van der Waals surface area contributed by atoms with Crippen LogP contribution in [0.5, 0.6) is 0 Å². The molecule has 1 aliphatic rings. The minimum atomic E-state index is -4.43. The number of fused-ring (bicyclic) bond motifs is 1. The number of benzene rings is 2. The van der Waals surface area contributed by atoms with Crippen LogP contribution in [0.25, 0.3) is 11.0 Å². The zero-order valence-electron chi connectivity index (χ0n) is 14.7. The molecular formula is C20H18F3N3O2. The highest BCUT2D eigenvalue weighted by molar-refractivity contribution is 5.82. The predicted molar refractivity (Wildman–Crippen MR) is 97.7 cm³/mol. The van der Waals surface area contributed by atoms with Crippen LogP contribution in [0, 0.1) is 5.92 Å². The van der Waals surface area contributed by atoms with Gasteiger partial charge in [0.25, 0.3) is 0 Å². The number of halogens is 3. The first-order chi connectivity index (χ1) is 13.3. The number of aromatic amines is 1. The fraction of sp³-hybridized carbons (Fsp3) is 0.300. The van der Waals surface area contributed by atoms with Gasteiger partial charge in [-0.15, -0.1) is 0 Å². The molecule has 4 rings (SSSR count). The Bertz CT molecular complexity index is 1080. The number of imidazole rings is 1. The average molecular weight is 389 g/mol. The summed E-state index contributed by atoms with van der Waals surface area (Å²) in [6.07, 6.45) is -3.33. The average Bonchev–Trinajstić information content (AvgIpc) is 2.92. The van der Waals surface area contributed by atoms with Gasteiger partial charge >= 0.3 is 11.9 Å². The van der Waals surface area contributed by atoms with Crippen LogP contribution in [0.1, 0.15) is 35.9 Å². The van der Waals surface area contributed by atoms with E-state index in [4.69, 9.17) is 5.73 Å². The highest BCUT2D eigenvalue weighted by Gasteiger charge is 2.41. The number of para-hydroxylation sites is 2. The van der Waals surface area contributed by atoms with Crippen LogP contribution < -0.4 is 11.4 Å². The monoisotopic (exact) mass is 389 g/mol. The lowest BCUT2D eigenvalue weighted by Crippen LogP contribution is -2.39. The number of hydrogen-bond donors (Lipinski definition) is 2. The van der Waals surface area contributed by atoms with E-state index >= 15 is 0 Å². The van der Waals surface area contributed by atoms with Gasteiger partial charge in [-0.3, -0.25) is 9.36 Å². The van der Waals surface area contributed by atoms with Crippen LogP contribution in [-0.2, 0) is 11.0 Å². The smallest absolute Gasteiger partial charge is 0.369 e. The Kier molecular flexibility index (Phi) is 4.28. The SMILES string of the molecule is NC(=O)C(c1ccc(C(F)(F)F)cc1)C1CC(n2c(=O)[nH]c3ccccc32)C1. The van der Waals surface area contributed by atoms with Gasteiger partial charge in [0.05, 0.1) is 22.5 Å². The molecule has 8 heteroatoms. The van der Waals surface area contributed by atoms with Gasteiger partial charge in [0.2, 0.25) is 5.91 Å². The molecule has 1 aromatic heterocycles. The van der Waals surface area contributed by atoms with E-state index in [1.54, 1.807) is 4.57 Å². The van der Waals surface area contributed by atoms with E-state index in [0.717, 1.165) is 23.2 Å². The molecule has 1 saturated carbocycles. The lowest BCUT2D eigenvalue weighted by atomic mass is 9.69. The Labute approximate surface area is 158 Å². The van der Waals surface area contributed by atoms with Crippen LogP contribution in [0.15, 0.2) is 53.3 Å². The molecule has 3 N–H and O–H groups in total. The molecule has 146 valence electrons. The summed E-state index contributed by atoms with van der Waals surface area (Å²) in [6, 6.07) is 11.8. The molecule has 1 amide bonds. The maximum Gasteiger partial charge on any atom is 0.416 e. The molecule has 1 unspecified atom stereocenters. The van der Waals surface area contributed by atoms with Crippen molar-refractivity contribution in [1.82, 2.24) is 9.55 Å². The number of alkyl halides is 3. The molecular weight excluding hydrogens is 371 g/mol. The zero-order valence-corrected chi connectivity index (χ0v) is 14.7. The number of hydrogen-bond acceptors (Lipinski definition) is 2. The first-order valence-electron chi connectivity index (χ1n) is 8.91. The molecule has 0 aliphatic heterocycles. The van der Waals surface area contributed by atoms with Gasteiger partial charge in [-0.05, 0) is 48.6 Å². The van der Waals surface area contributed by atoms with Crippen molar-refractivity contribution >= 4 is 16.9 Å². The molecule has 3 aromatic rings. The molecule has 1 heterocycles. The first kappa shape index (κ1) is 18.3. The molecule has 1 atom stereocenters. The topological polar surface area (TPSA) is 80.9 Å². The van der Waals surface area contributed by atoms with Gasteiger partial charge in [-0.2, -0.15) is 13.2 Å². The van der Waals surface area contributed by atoms with E-state index in [-0.39, 0.29) is 17.6 Å². The van der Waals surface area contributed by atoms with Crippen molar-refractivity contribution in [2.75, 3.05) is 0 Å². The van der Waals surface area contributed by atoms with Gasteiger partial charge < -0.3 is 10.7 Å². The van der Waals surface area contributed by atoms with Crippen molar-refractivity contribution < 1.29 is 18.0 Å². The molecule has 2 aromatic carbocycles. The maximum absolute atomic E-state index is 12.8. The number of rotatable bonds is 4. The third kappa shape index (κ3) is 3.08. The summed E-state index contributed by atoms with van der Waals surface area (Å²) in [4.78, 5) is 27.1. The van der Waals surface area contributed by atoms with Crippen LogP contribution in [0.2, 0.25) is 0 Å². The fourth-order valence-corrected chi connectivity index (χ4v) is 4.10. The highest BCUT2D eigenvalue weighted by Crippen LogP contribution is 2.46. The Balaban J connectivity index is 1.56. The highest BCUT2D eigenvalue weighted by atomic mass is 19.4. The summed E-state index contributed by atoms with van der Waals surface area (Å²) < 4.78 is 40.0. The lowest BCUT2D eigenvalue weighted by Gasteiger charge is -2.40. The number of carbonyl (C=O) groups excluding carboxylic acids is 1. The Morgan fingerprint density at radius 3 is 2.36 bits per heavy atom. The number of nitrogens with two attached hydrogens (primary N) is 1. The Morgan fingerprint density at radius 1 is 1.11 bits per heavy atom. The molecule has 0 saturated heterocycles. The predicted octanol–water partition coefficient (Wildman–Crippen LogP) is 3.57. The van der Waals surface area contributed by atoms with Crippen LogP contribution in [-0.4, -0.2) is 15.5 Å². The van der Waals surface area contributed by atoms with E-state index in [2.05, 4.69) is 4.98 Å². The molecule has 0 spiro atoms. The van der Waals surface area contributed by atoms with Crippen LogP contribution in [0.3, 0.4) is 0 Å². The number of carbonyl (C=O) groups is 1. The third-order valence-corrected chi connectivity index (χ3v) is 5.51. The third-order valence-electron chi connectivity index (χ3n) is 5.51. The molecule has 1 aliphatic carbocycles. The summed E-state index contributed by atoms with van der Waals surface area (Å²) in [5.74, 6) is -1.38. The van der Waals surface area contributed by atoms with Crippen molar-refractivity contribution in [2.24, 2.45) is 11.7 Å². The Hall–Kier alpha value is -3.03. The maximum atomic E-state index is 12.8. The van der Waals surface area contributed by atoms with E-state index in [9.17, 15) is 22.8 Å². The summed E-state index contributed by atoms with van der Waals surface area (Å²) in [5.41, 5.74) is 6.57. The number of nitrogens with one attached hydrogen (secondary N) is 1. The second-order valence-corrected chi connectivity index (χ2v) is 7.20. The van der Waals surface area contributed by atoms with Gasteiger partial charge in [0.15, 0.2) is 0 Å². The van der Waals surface area contributed by atoms with Crippen molar-refractivity contribution in [1.29, 1.82) is 0 Å². The minimum absolute atomic E-state index is 0.0788. The second kappa shape index (κ2) is 6.54. The largest absolute Gasteiger partial charge is 0.416 e. The number of primary amides is 1. The number of H-pyrrole nitrogens is 1. The standard InChI is InChI=1S/C20H18F3N3O2/c21-20(22,23)13-7-5-11(6-8-13)17(18(24)27)12-9-14(10-12)26-16-4-2-1-3-15(16)25-19(26)28/h1-8,12,14,17H,9-10H2,(H2,24,27)(H,25,28). The normalized spacial score (nSPS) is 20.7. The van der Waals surface area contributed by atoms with E-state index in [1.165, 1.54) is 12.1 Å². The molecule has 5 nitrogen and oxygen atoms in total. The van der Waals surface area contributed by atoms with Gasteiger partial charge in [-0.25, -0.2) is 4.79 Å². The van der Waals surface area contributed by atoms with Crippen molar-refractivity contribution in [3.8, 4) is 0 Å². The minimum Gasteiger partial charge on any atom is -0.369 e.